The molecule has 0 atom stereocenters. The molecule has 0 saturated carbocycles. The molecule has 0 spiro atoms. The number of nitrogens with zero attached hydrogens (tertiary/aromatic N) is 2. The maximum Gasteiger partial charge on any atom is 0.335 e. The van der Waals surface area contributed by atoms with E-state index in [1.165, 1.54) is 6.33 Å². The first-order valence-corrected chi connectivity index (χ1v) is 5.28. The molecule has 1 aromatic heterocycles. The Hall–Kier alpha value is -2.17. The van der Waals surface area contributed by atoms with Crippen LogP contribution >= 0.6 is 0 Å². The van der Waals surface area contributed by atoms with Crippen molar-refractivity contribution < 1.29 is 9.63 Å². The Morgan fingerprint density at radius 2 is 2.06 bits per heavy atom. The predicted molar refractivity (Wildman–Crippen MR) is 62.4 cm³/mol. The highest BCUT2D eigenvalue weighted by atomic mass is 16.7. The molecule has 0 aliphatic rings. The Morgan fingerprint density at radius 3 is 2.76 bits per heavy atom. The quantitative estimate of drug-likeness (QED) is 0.775. The molecule has 88 valence electrons. The molecule has 0 N–H and O–H groups in total. The second-order valence-corrected chi connectivity index (χ2v) is 3.96. The number of carbonyl (C=O) groups excluding carboxylic acids is 1. The fourth-order valence-corrected chi connectivity index (χ4v) is 1.32. The van der Waals surface area contributed by atoms with Crippen molar-refractivity contribution in [3.63, 3.8) is 0 Å². The number of benzene rings is 1. The zero-order valence-corrected chi connectivity index (χ0v) is 9.58. The van der Waals surface area contributed by atoms with Gasteiger partial charge in [-0.25, -0.2) is 9.78 Å². The Labute approximate surface area is 97.6 Å². The predicted octanol–water partition coefficient (Wildman–Crippen LogP) is 1.01. The standard InChI is InChI=1S/C12H12N2O3/c1-8(2)12(16)17-14-7-13-10-6-4-3-5-9(10)11(14)15/h3-8H,1-2H3. The SMILES string of the molecule is CC(C)C(=O)On1cnc2ccccc2c1=O. The summed E-state index contributed by atoms with van der Waals surface area (Å²) in [5, 5.41) is 0.423. The van der Waals surface area contributed by atoms with Crippen molar-refractivity contribution in [3.05, 3.63) is 40.9 Å². The molecule has 0 saturated heterocycles. The zero-order valence-electron chi connectivity index (χ0n) is 9.58. The van der Waals surface area contributed by atoms with E-state index >= 15 is 0 Å². The third kappa shape index (κ3) is 2.18. The summed E-state index contributed by atoms with van der Waals surface area (Å²) < 4.78 is 0.866. The molecule has 0 aliphatic carbocycles. The molecule has 5 heteroatoms. The lowest BCUT2D eigenvalue weighted by Crippen LogP contribution is -2.33. The Kier molecular flexibility index (Phi) is 2.91. The van der Waals surface area contributed by atoms with Crippen molar-refractivity contribution in [2.45, 2.75) is 13.8 Å². The van der Waals surface area contributed by atoms with Gasteiger partial charge >= 0.3 is 5.97 Å². The smallest absolute Gasteiger partial charge is 0.332 e. The number of hydrogen-bond acceptors (Lipinski definition) is 4. The van der Waals surface area contributed by atoms with Gasteiger partial charge in [-0.2, -0.15) is 0 Å². The molecule has 0 unspecified atom stereocenters. The average Bonchev–Trinajstić information content (AvgIpc) is 2.33. The van der Waals surface area contributed by atoms with Gasteiger partial charge in [0.05, 0.1) is 16.8 Å². The molecule has 5 nitrogen and oxygen atoms in total. The van der Waals surface area contributed by atoms with E-state index in [1.54, 1.807) is 38.1 Å². The highest BCUT2D eigenvalue weighted by Gasteiger charge is 2.12. The van der Waals surface area contributed by atoms with E-state index in [-0.39, 0.29) is 11.5 Å². The highest BCUT2D eigenvalue weighted by molar-refractivity contribution is 5.77. The summed E-state index contributed by atoms with van der Waals surface area (Å²) in [5.41, 5.74) is 0.193. The van der Waals surface area contributed by atoms with Crippen molar-refractivity contribution in [2.75, 3.05) is 0 Å². The van der Waals surface area contributed by atoms with Gasteiger partial charge in [0.1, 0.15) is 6.33 Å². The van der Waals surface area contributed by atoms with E-state index in [4.69, 9.17) is 4.84 Å². The average molecular weight is 232 g/mol. The Morgan fingerprint density at radius 1 is 1.35 bits per heavy atom. The van der Waals surface area contributed by atoms with Crippen LogP contribution in [0.3, 0.4) is 0 Å². The molecular weight excluding hydrogens is 220 g/mol. The molecule has 1 heterocycles. The van der Waals surface area contributed by atoms with E-state index in [9.17, 15) is 9.59 Å². The number of fused-ring (bicyclic) bond motifs is 1. The van der Waals surface area contributed by atoms with Crippen LogP contribution in [0.1, 0.15) is 13.8 Å². The monoisotopic (exact) mass is 232 g/mol. The summed E-state index contributed by atoms with van der Waals surface area (Å²) in [5.74, 6) is -0.766. The molecule has 17 heavy (non-hydrogen) atoms. The summed E-state index contributed by atoms with van der Waals surface area (Å²) in [6.07, 6.45) is 1.21. The summed E-state index contributed by atoms with van der Waals surface area (Å²) in [4.78, 5) is 32.3. The van der Waals surface area contributed by atoms with Gasteiger partial charge in [-0.3, -0.25) is 4.79 Å². The van der Waals surface area contributed by atoms with Crippen LogP contribution in [0, 0.1) is 5.92 Å². The van der Waals surface area contributed by atoms with Gasteiger partial charge in [-0.05, 0) is 12.1 Å². The van der Waals surface area contributed by atoms with Gasteiger partial charge in [0.15, 0.2) is 0 Å². The van der Waals surface area contributed by atoms with E-state index < -0.39 is 5.97 Å². The van der Waals surface area contributed by atoms with Gasteiger partial charge in [-0.1, -0.05) is 26.0 Å². The van der Waals surface area contributed by atoms with Gasteiger partial charge in [0, 0.05) is 0 Å². The van der Waals surface area contributed by atoms with Crippen LogP contribution in [0.15, 0.2) is 35.4 Å². The maximum atomic E-state index is 11.9. The number of aromatic nitrogens is 2. The number of rotatable bonds is 2. The topological polar surface area (TPSA) is 61.2 Å². The molecular formula is C12H12N2O3. The Balaban J connectivity index is 2.47. The third-order valence-electron chi connectivity index (χ3n) is 2.30. The van der Waals surface area contributed by atoms with Crippen molar-refractivity contribution in [3.8, 4) is 0 Å². The van der Waals surface area contributed by atoms with Crippen LogP contribution in [0.2, 0.25) is 0 Å². The van der Waals surface area contributed by atoms with Crippen molar-refractivity contribution >= 4 is 16.9 Å². The minimum Gasteiger partial charge on any atom is -0.332 e. The normalized spacial score (nSPS) is 10.8. The number of carbonyl (C=O) groups is 1. The molecule has 0 radical (unpaired) electrons. The molecule has 0 fully saturated rings. The van der Waals surface area contributed by atoms with Crippen LogP contribution in [0.4, 0.5) is 0 Å². The summed E-state index contributed by atoms with van der Waals surface area (Å²) >= 11 is 0. The zero-order chi connectivity index (χ0) is 12.4. The number of para-hydroxylation sites is 1. The van der Waals surface area contributed by atoms with E-state index in [2.05, 4.69) is 4.98 Å². The molecule has 2 aromatic rings. The largest absolute Gasteiger partial charge is 0.335 e. The lowest BCUT2D eigenvalue weighted by Gasteiger charge is -2.08. The molecule has 0 bridgehead atoms. The van der Waals surface area contributed by atoms with Crippen molar-refractivity contribution in [2.24, 2.45) is 5.92 Å². The first-order chi connectivity index (χ1) is 8.09. The fraction of sp³-hybridized carbons (Fsp3) is 0.250. The van der Waals surface area contributed by atoms with Crippen LogP contribution in [-0.2, 0) is 4.79 Å². The van der Waals surface area contributed by atoms with Gasteiger partial charge < -0.3 is 4.84 Å². The lowest BCUT2D eigenvalue weighted by molar-refractivity contribution is -0.148. The van der Waals surface area contributed by atoms with Crippen molar-refractivity contribution in [1.82, 2.24) is 9.71 Å². The molecule has 0 aliphatic heterocycles. The third-order valence-corrected chi connectivity index (χ3v) is 2.30. The van der Waals surface area contributed by atoms with Gasteiger partial charge in [-0.15, -0.1) is 4.73 Å². The highest BCUT2D eigenvalue weighted by Crippen LogP contribution is 2.04. The first kappa shape index (κ1) is 11.3. The fourth-order valence-electron chi connectivity index (χ4n) is 1.32. The van der Waals surface area contributed by atoms with Crippen molar-refractivity contribution in [1.29, 1.82) is 0 Å². The summed E-state index contributed by atoms with van der Waals surface area (Å²) in [6, 6.07) is 6.90. The van der Waals surface area contributed by atoms with Crippen LogP contribution in [0.25, 0.3) is 10.9 Å². The van der Waals surface area contributed by atoms with Crippen LogP contribution in [0.5, 0.6) is 0 Å². The maximum absolute atomic E-state index is 11.9. The van der Waals surface area contributed by atoms with Crippen LogP contribution < -0.4 is 10.4 Å². The number of hydrogen-bond donors (Lipinski definition) is 0. The van der Waals surface area contributed by atoms with E-state index in [0.717, 1.165) is 4.73 Å². The second-order valence-electron chi connectivity index (χ2n) is 3.96. The van der Waals surface area contributed by atoms with Crippen LogP contribution in [-0.4, -0.2) is 15.7 Å². The minimum absolute atomic E-state index is 0.298. The molecule has 0 amide bonds. The molecule has 2 rings (SSSR count). The Bertz CT molecular complexity index is 616. The van der Waals surface area contributed by atoms with Gasteiger partial charge in [0.2, 0.25) is 0 Å². The lowest BCUT2D eigenvalue weighted by atomic mass is 10.2. The van der Waals surface area contributed by atoms with Gasteiger partial charge in [0.25, 0.3) is 5.56 Å². The first-order valence-electron chi connectivity index (χ1n) is 5.28. The summed E-state index contributed by atoms with van der Waals surface area (Å²) in [7, 11) is 0. The molecule has 1 aromatic carbocycles. The van der Waals surface area contributed by atoms with E-state index in [0.29, 0.717) is 10.9 Å². The van der Waals surface area contributed by atoms with E-state index in [1.807, 2.05) is 0 Å². The second kappa shape index (κ2) is 4.37. The minimum atomic E-state index is -0.468. The summed E-state index contributed by atoms with van der Waals surface area (Å²) in [6.45, 7) is 3.39.